The van der Waals surface area contributed by atoms with Gasteiger partial charge in [-0.1, -0.05) is 23.2 Å². The molecule has 8 nitrogen and oxygen atoms in total. The second-order valence-electron chi connectivity index (χ2n) is 7.23. The van der Waals surface area contributed by atoms with Gasteiger partial charge in [0, 0.05) is 33.3 Å². The molecule has 35 heavy (non-hydrogen) atoms. The lowest BCUT2D eigenvalue weighted by molar-refractivity contribution is 0.0892. The average molecular weight is 607 g/mol. The van der Waals surface area contributed by atoms with E-state index in [1.807, 2.05) is 0 Å². The van der Waals surface area contributed by atoms with Gasteiger partial charge in [-0.2, -0.15) is 11.8 Å². The first-order valence-corrected chi connectivity index (χ1v) is 12.8. The normalized spacial score (nSPS) is 13.4. The van der Waals surface area contributed by atoms with E-state index >= 15 is 0 Å². The van der Waals surface area contributed by atoms with Crippen molar-refractivity contribution in [3.63, 3.8) is 0 Å². The number of anilines is 1. The quantitative estimate of drug-likeness (QED) is 0.371. The fourth-order valence-corrected chi connectivity index (χ4v) is 4.72. The van der Waals surface area contributed by atoms with Crippen molar-refractivity contribution >= 4 is 68.4 Å². The van der Waals surface area contributed by atoms with Crippen molar-refractivity contribution in [2.45, 2.75) is 12.5 Å². The van der Waals surface area contributed by atoms with E-state index in [0.29, 0.717) is 0 Å². The molecule has 1 aliphatic heterocycles. The number of nitrogens with zero attached hydrogens (tertiary/aromatic N) is 3. The van der Waals surface area contributed by atoms with Crippen LogP contribution in [0.3, 0.4) is 0 Å². The highest BCUT2D eigenvalue weighted by atomic mass is 79.9. The van der Waals surface area contributed by atoms with Crippen molar-refractivity contribution in [3.05, 3.63) is 62.3 Å². The number of amides is 2. The topological polar surface area (TPSA) is 98.1 Å². The molecule has 0 bridgehead atoms. The van der Waals surface area contributed by atoms with E-state index in [1.54, 1.807) is 23.9 Å². The SMILES string of the molecule is O=C(NCC(F)F)c1cc(Cl)cc(Br)c1NC(=O)c1cc(OC2CSC2)nn1-c1ncccc1Cl. The number of nitrogens with one attached hydrogen (secondary N) is 2. The molecule has 2 N–H and O–H groups in total. The van der Waals surface area contributed by atoms with Gasteiger partial charge in [-0.15, -0.1) is 5.10 Å². The highest BCUT2D eigenvalue weighted by Gasteiger charge is 2.26. The van der Waals surface area contributed by atoms with E-state index in [9.17, 15) is 18.4 Å². The largest absolute Gasteiger partial charge is 0.472 e. The van der Waals surface area contributed by atoms with Crippen LogP contribution in [0.5, 0.6) is 5.88 Å². The standard InChI is InChI=1S/C21H16BrCl2F2N5O3S/c22-13-5-10(23)4-12(20(32)28-7-16(25)26)18(13)29-21(33)15-6-17(34-11-8-35-9-11)30-31(15)19-14(24)2-1-3-27-19/h1-6,11,16H,7-9H2,(H,28,32)(H,29,33). The van der Waals surface area contributed by atoms with Crippen LogP contribution in [0.2, 0.25) is 10.0 Å². The molecule has 0 radical (unpaired) electrons. The number of rotatable bonds is 8. The van der Waals surface area contributed by atoms with E-state index in [1.165, 1.54) is 29.1 Å². The molecule has 0 saturated carbocycles. The molecule has 0 aliphatic carbocycles. The summed E-state index contributed by atoms with van der Waals surface area (Å²) in [6.07, 6.45) is -1.28. The van der Waals surface area contributed by atoms with Crippen LogP contribution in [0.25, 0.3) is 5.82 Å². The number of hydrogen-bond donors (Lipinski definition) is 2. The number of carbonyl (C=O) groups excluding carboxylic acids is 2. The monoisotopic (exact) mass is 605 g/mol. The number of ether oxygens (including phenoxy) is 1. The molecule has 0 atom stereocenters. The Kier molecular flexibility index (Phi) is 8.15. The minimum Gasteiger partial charge on any atom is -0.472 e. The molecule has 4 rings (SSSR count). The molecule has 14 heteroatoms. The number of thioether (sulfide) groups is 1. The summed E-state index contributed by atoms with van der Waals surface area (Å²) in [4.78, 5) is 30.1. The van der Waals surface area contributed by atoms with Gasteiger partial charge in [0.15, 0.2) is 5.82 Å². The molecule has 0 spiro atoms. The highest BCUT2D eigenvalue weighted by Crippen LogP contribution is 2.32. The van der Waals surface area contributed by atoms with Crippen LogP contribution < -0.4 is 15.4 Å². The van der Waals surface area contributed by atoms with E-state index in [2.05, 4.69) is 36.6 Å². The molecule has 184 valence electrons. The van der Waals surface area contributed by atoms with Crippen molar-refractivity contribution in [2.75, 3.05) is 23.4 Å². The molecule has 1 aliphatic rings. The Hall–Kier alpha value is -2.41. The molecule has 3 heterocycles. The number of hydrogen-bond acceptors (Lipinski definition) is 6. The van der Waals surface area contributed by atoms with Gasteiger partial charge in [-0.05, 0) is 40.2 Å². The zero-order valence-corrected chi connectivity index (χ0v) is 21.5. The van der Waals surface area contributed by atoms with Crippen LogP contribution in [0.1, 0.15) is 20.8 Å². The minimum absolute atomic E-state index is 0.0216. The second kappa shape index (κ2) is 11.1. The van der Waals surface area contributed by atoms with Gasteiger partial charge in [0.25, 0.3) is 18.2 Å². The van der Waals surface area contributed by atoms with E-state index in [0.717, 1.165) is 11.5 Å². The van der Waals surface area contributed by atoms with Gasteiger partial charge >= 0.3 is 0 Å². The van der Waals surface area contributed by atoms with Crippen molar-refractivity contribution in [1.29, 1.82) is 0 Å². The first kappa shape index (κ1) is 25.7. The van der Waals surface area contributed by atoms with E-state index in [-0.39, 0.29) is 49.3 Å². The number of alkyl halides is 2. The lowest BCUT2D eigenvalue weighted by atomic mass is 10.1. The van der Waals surface area contributed by atoms with E-state index in [4.69, 9.17) is 27.9 Å². The fourth-order valence-electron chi connectivity index (χ4n) is 3.05. The van der Waals surface area contributed by atoms with Crippen LogP contribution in [0.4, 0.5) is 14.5 Å². The summed E-state index contributed by atoms with van der Waals surface area (Å²) in [6, 6.07) is 7.38. The molecule has 3 aromatic rings. The zero-order valence-electron chi connectivity index (χ0n) is 17.6. The molecule has 2 amide bonds. The first-order valence-electron chi connectivity index (χ1n) is 10.0. The van der Waals surface area contributed by atoms with E-state index < -0.39 is 24.8 Å². The van der Waals surface area contributed by atoms with Gasteiger partial charge < -0.3 is 15.4 Å². The summed E-state index contributed by atoms with van der Waals surface area (Å²) in [7, 11) is 0. The van der Waals surface area contributed by atoms with Crippen LogP contribution in [0.15, 0.2) is 41.0 Å². The Morgan fingerprint density at radius 2 is 2.03 bits per heavy atom. The maximum absolute atomic E-state index is 13.4. The smallest absolute Gasteiger partial charge is 0.274 e. The van der Waals surface area contributed by atoms with Crippen molar-refractivity contribution in [3.8, 4) is 11.7 Å². The first-order chi connectivity index (χ1) is 16.7. The summed E-state index contributed by atoms with van der Waals surface area (Å²) in [5.74, 6) is 0.482. The maximum Gasteiger partial charge on any atom is 0.274 e. The lowest BCUT2D eigenvalue weighted by Crippen LogP contribution is -2.31. The summed E-state index contributed by atoms with van der Waals surface area (Å²) in [6.45, 7) is -0.860. The Balaban J connectivity index is 1.69. The average Bonchev–Trinajstić information content (AvgIpc) is 3.20. The maximum atomic E-state index is 13.4. The van der Waals surface area contributed by atoms with Gasteiger partial charge in [-0.25, -0.2) is 18.4 Å². The third kappa shape index (κ3) is 6.05. The molecular formula is C21H16BrCl2F2N5O3S. The molecule has 1 aromatic carbocycles. The number of aromatic nitrogens is 3. The number of carbonyl (C=O) groups is 2. The predicted octanol–water partition coefficient (Wildman–Crippen LogP) is 5.08. The summed E-state index contributed by atoms with van der Waals surface area (Å²) < 4.78 is 32.5. The van der Waals surface area contributed by atoms with Crippen molar-refractivity contribution in [2.24, 2.45) is 0 Å². The Morgan fingerprint density at radius 1 is 1.26 bits per heavy atom. The predicted molar refractivity (Wildman–Crippen MR) is 134 cm³/mol. The minimum atomic E-state index is -2.75. The number of benzene rings is 1. The molecule has 1 fully saturated rings. The van der Waals surface area contributed by atoms with Gasteiger partial charge in [0.1, 0.15) is 11.8 Å². The summed E-state index contributed by atoms with van der Waals surface area (Å²) >= 11 is 17.3. The second-order valence-corrected chi connectivity index (χ2v) is 10.0. The number of pyridine rings is 1. The van der Waals surface area contributed by atoms with Crippen molar-refractivity contribution < 1.29 is 23.1 Å². The third-order valence-electron chi connectivity index (χ3n) is 4.71. The van der Waals surface area contributed by atoms with Crippen LogP contribution >= 0.6 is 50.9 Å². The Bertz CT molecular complexity index is 1280. The van der Waals surface area contributed by atoms with Crippen LogP contribution in [-0.2, 0) is 0 Å². The third-order valence-corrected chi connectivity index (χ3v) is 7.06. The molecule has 1 saturated heterocycles. The van der Waals surface area contributed by atoms with Gasteiger partial charge in [0.2, 0.25) is 5.88 Å². The molecule has 2 aromatic heterocycles. The van der Waals surface area contributed by atoms with Crippen molar-refractivity contribution in [1.82, 2.24) is 20.1 Å². The van der Waals surface area contributed by atoms with Crippen LogP contribution in [0, 0.1) is 0 Å². The number of halogens is 5. The summed E-state index contributed by atoms with van der Waals surface area (Å²) in [5.41, 5.74) is -0.0551. The summed E-state index contributed by atoms with van der Waals surface area (Å²) in [5, 5.41) is 9.49. The lowest BCUT2D eigenvalue weighted by Gasteiger charge is -2.24. The molecule has 0 unspecified atom stereocenters. The highest BCUT2D eigenvalue weighted by molar-refractivity contribution is 9.10. The van der Waals surface area contributed by atoms with Gasteiger partial charge in [-0.3, -0.25) is 9.59 Å². The zero-order chi connectivity index (χ0) is 25.1. The Morgan fingerprint density at radius 3 is 2.69 bits per heavy atom. The fraction of sp³-hybridized carbons (Fsp3) is 0.238. The van der Waals surface area contributed by atoms with Crippen LogP contribution in [-0.4, -0.2) is 57.2 Å². The Labute approximate surface area is 220 Å². The van der Waals surface area contributed by atoms with Gasteiger partial charge in [0.05, 0.1) is 22.8 Å². The molecular weight excluding hydrogens is 591 g/mol.